The van der Waals surface area contributed by atoms with Crippen LogP contribution in [0.2, 0.25) is 0 Å². The van der Waals surface area contributed by atoms with Gasteiger partial charge in [-0.3, -0.25) is 0 Å². The van der Waals surface area contributed by atoms with Crippen LogP contribution in [0.15, 0.2) is 0 Å². The average molecular weight is 237 g/mol. The van der Waals surface area contributed by atoms with E-state index in [9.17, 15) is 0 Å². The highest BCUT2D eigenvalue weighted by Gasteiger charge is 1.98. The Kier molecular flexibility index (Phi) is 13.1. The van der Waals surface area contributed by atoms with E-state index >= 15 is 0 Å². The molecular weight excluding hydrogens is 206 g/mol. The second-order valence-corrected chi connectivity index (χ2v) is 5.35. The highest BCUT2D eigenvalue weighted by molar-refractivity contribution is 4.77. The lowest BCUT2D eigenvalue weighted by Gasteiger charge is -2.03. The molecule has 0 aliphatic rings. The molecule has 0 spiro atoms. The van der Waals surface area contributed by atoms with E-state index in [4.69, 9.17) is 5.26 Å². The van der Waals surface area contributed by atoms with Crippen molar-refractivity contribution in [2.24, 2.45) is 5.92 Å². The molecule has 0 aromatic heterocycles. The van der Waals surface area contributed by atoms with Crippen molar-refractivity contribution in [3.05, 3.63) is 0 Å². The van der Waals surface area contributed by atoms with Gasteiger partial charge in [-0.1, -0.05) is 77.6 Å². The minimum atomic E-state index is 0.258. The molecule has 0 radical (unpaired) electrons. The molecule has 0 saturated heterocycles. The van der Waals surface area contributed by atoms with Gasteiger partial charge < -0.3 is 0 Å². The molecule has 0 saturated carbocycles. The number of rotatable bonds is 12. The van der Waals surface area contributed by atoms with Crippen molar-refractivity contribution in [2.45, 2.75) is 90.9 Å². The summed E-state index contributed by atoms with van der Waals surface area (Å²) < 4.78 is 0. The molecular formula is C16H31N. The van der Waals surface area contributed by atoms with E-state index in [0.29, 0.717) is 0 Å². The first-order valence-electron chi connectivity index (χ1n) is 7.70. The van der Waals surface area contributed by atoms with Crippen LogP contribution in [0.3, 0.4) is 0 Å². The van der Waals surface area contributed by atoms with Gasteiger partial charge in [-0.15, -0.1) is 0 Å². The van der Waals surface area contributed by atoms with Crippen LogP contribution in [0.1, 0.15) is 90.9 Å². The Morgan fingerprint density at radius 3 is 1.59 bits per heavy atom. The minimum absolute atomic E-state index is 0.258. The first-order valence-corrected chi connectivity index (χ1v) is 7.70. The van der Waals surface area contributed by atoms with Crippen LogP contribution in [0.25, 0.3) is 0 Å². The van der Waals surface area contributed by atoms with E-state index in [1.165, 1.54) is 70.6 Å². The quantitative estimate of drug-likeness (QED) is 0.391. The second kappa shape index (κ2) is 13.6. The van der Waals surface area contributed by atoms with Crippen molar-refractivity contribution in [3.63, 3.8) is 0 Å². The Hall–Kier alpha value is -0.510. The van der Waals surface area contributed by atoms with Gasteiger partial charge in [0.05, 0.1) is 6.07 Å². The van der Waals surface area contributed by atoms with Crippen molar-refractivity contribution in [1.29, 1.82) is 5.26 Å². The number of nitriles is 1. The van der Waals surface area contributed by atoms with Gasteiger partial charge in [0.2, 0.25) is 0 Å². The third-order valence-corrected chi connectivity index (χ3v) is 3.46. The molecule has 100 valence electrons. The SMILES string of the molecule is CCCCCCCCCCCCCC(C)C#N. The van der Waals surface area contributed by atoms with E-state index in [2.05, 4.69) is 13.0 Å². The van der Waals surface area contributed by atoms with Crippen molar-refractivity contribution in [2.75, 3.05) is 0 Å². The number of hydrogen-bond acceptors (Lipinski definition) is 1. The Labute approximate surface area is 109 Å². The van der Waals surface area contributed by atoms with Crippen LogP contribution in [0.5, 0.6) is 0 Å². The van der Waals surface area contributed by atoms with Gasteiger partial charge in [-0.25, -0.2) is 0 Å². The fourth-order valence-corrected chi connectivity index (χ4v) is 2.18. The normalized spacial score (nSPS) is 12.3. The van der Waals surface area contributed by atoms with E-state index in [-0.39, 0.29) is 5.92 Å². The molecule has 0 aromatic rings. The van der Waals surface area contributed by atoms with Gasteiger partial charge in [0, 0.05) is 5.92 Å². The minimum Gasteiger partial charge on any atom is -0.198 e. The fourth-order valence-electron chi connectivity index (χ4n) is 2.18. The summed E-state index contributed by atoms with van der Waals surface area (Å²) >= 11 is 0. The zero-order chi connectivity index (χ0) is 12.8. The lowest BCUT2D eigenvalue weighted by atomic mass is 10.0. The van der Waals surface area contributed by atoms with Gasteiger partial charge in [0.1, 0.15) is 0 Å². The predicted molar refractivity (Wildman–Crippen MR) is 75.9 cm³/mol. The number of unbranched alkanes of at least 4 members (excludes halogenated alkanes) is 10. The van der Waals surface area contributed by atoms with Crippen molar-refractivity contribution in [1.82, 2.24) is 0 Å². The molecule has 0 N–H and O–H groups in total. The Morgan fingerprint density at radius 1 is 0.765 bits per heavy atom. The molecule has 0 bridgehead atoms. The highest BCUT2D eigenvalue weighted by atomic mass is 14.3. The maximum absolute atomic E-state index is 8.65. The van der Waals surface area contributed by atoms with Crippen LogP contribution in [0.4, 0.5) is 0 Å². The van der Waals surface area contributed by atoms with Gasteiger partial charge in [0.15, 0.2) is 0 Å². The second-order valence-electron chi connectivity index (χ2n) is 5.35. The van der Waals surface area contributed by atoms with Gasteiger partial charge >= 0.3 is 0 Å². The fraction of sp³-hybridized carbons (Fsp3) is 0.938. The maximum atomic E-state index is 8.65. The molecule has 0 heterocycles. The topological polar surface area (TPSA) is 23.8 Å². The summed E-state index contributed by atoms with van der Waals surface area (Å²) in [7, 11) is 0. The van der Waals surface area contributed by atoms with Crippen LogP contribution in [-0.2, 0) is 0 Å². The van der Waals surface area contributed by atoms with Gasteiger partial charge in [-0.05, 0) is 13.3 Å². The number of nitrogens with zero attached hydrogens (tertiary/aromatic N) is 1. The van der Waals surface area contributed by atoms with Crippen molar-refractivity contribution in [3.8, 4) is 6.07 Å². The number of hydrogen-bond donors (Lipinski definition) is 0. The van der Waals surface area contributed by atoms with Crippen LogP contribution < -0.4 is 0 Å². The van der Waals surface area contributed by atoms with Crippen LogP contribution >= 0.6 is 0 Å². The first kappa shape index (κ1) is 16.5. The van der Waals surface area contributed by atoms with E-state index < -0.39 is 0 Å². The third kappa shape index (κ3) is 13.4. The summed E-state index contributed by atoms with van der Waals surface area (Å²) in [4.78, 5) is 0. The maximum Gasteiger partial charge on any atom is 0.0652 e. The Bertz CT molecular complexity index is 180. The zero-order valence-electron chi connectivity index (χ0n) is 12.0. The standard InChI is InChI=1S/C16H31N/c1-3-4-5-6-7-8-9-10-11-12-13-14-16(2)15-17/h16H,3-14H2,1-2H3. The van der Waals surface area contributed by atoms with E-state index in [1.807, 2.05) is 6.92 Å². The molecule has 1 atom stereocenters. The largest absolute Gasteiger partial charge is 0.198 e. The summed E-state index contributed by atoms with van der Waals surface area (Å²) in [5.41, 5.74) is 0. The summed E-state index contributed by atoms with van der Waals surface area (Å²) in [6.45, 7) is 4.30. The predicted octanol–water partition coefficient (Wildman–Crippen LogP) is 5.85. The van der Waals surface area contributed by atoms with Crippen molar-refractivity contribution >= 4 is 0 Å². The van der Waals surface area contributed by atoms with E-state index in [1.54, 1.807) is 0 Å². The van der Waals surface area contributed by atoms with Crippen LogP contribution in [-0.4, -0.2) is 0 Å². The van der Waals surface area contributed by atoms with Gasteiger partial charge in [0.25, 0.3) is 0 Å². The molecule has 17 heavy (non-hydrogen) atoms. The Morgan fingerprint density at radius 2 is 1.18 bits per heavy atom. The van der Waals surface area contributed by atoms with E-state index in [0.717, 1.165) is 6.42 Å². The summed E-state index contributed by atoms with van der Waals surface area (Å²) in [5, 5.41) is 8.65. The highest BCUT2D eigenvalue weighted by Crippen LogP contribution is 2.13. The lowest BCUT2D eigenvalue weighted by molar-refractivity contribution is 0.527. The van der Waals surface area contributed by atoms with Crippen LogP contribution in [0, 0.1) is 17.2 Å². The molecule has 0 aromatic carbocycles. The first-order chi connectivity index (χ1) is 8.31. The summed E-state index contributed by atoms with van der Waals surface area (Å²) in [5.74, 6) is 0.258. The monoisotopic (exact) mass is 237 g/mol. The molecule has 1 unspecified atom stereocenters. The molecule has 0 aliphatic heterocycles. The average Bonchev–Trinajstić information content (AvgIpc) is 2.35. The third-order valence-electron chi connectivity index (χ3n) is 3.46. The molecule has 1 nitrogen and oxygen atoms in total. The lowest BCUT2D eigenvalue weighted by Crippen LogP contribution is -1.89. The summed E-state index contributed by atoms with van der Waals surface area (Å²) in [6, 6.07) is 2.30. The molecule has 1 heteroatoms. The Balaban J connectivity index is 2.97. The van der Waals surface area contributed by atoms with Gasteiger partial charge in [-0.2, -0.15) is 5.26 Å². The zero-order valence-corrected chi connectivity index (χ0v) is 12.0. The molecule has 0 rings (SSSR count). The smallest absolute Gasteiger partial charge is 0.0652 e. The molecule has 0 fully saturated rings. The van der Waals surface area contributed by atoms with Crippen molar-refractivity contribution < 1.29 is 0 Å². The molecule has 0 amide bonds. The summed E-state index contributed by atoms with van der Waals surface area (Å²) in [6.07, 6.45) is 16.3. The molecule has 0 aliphatic carbocycles.